The first-order valence-corrected chi connectivity index (χ1v) is 14.9. The highest BCUT2D eigenvalue weighted by Gasteiger charge is 2.42. The molecule has 1 aromatic carbocycles. The van der Waals surface area contributed by atoms with Crippen molar-refractivity contribution in [2.75, 3.05) is 0 Å². The molecular weight excluding hydrogens is 368 g/mol. The van der Waals surface area contributed by atoms with Gasteiger partial charge in [0.15, 0.2) is 5.75 Å². The Morgan fingerprint density at radius 1 is 0.880 bits per heavy atom. The molecule has 0 saturated heterocycles. The van der Waals surface area contributed by atoms with E-state index >= 15 is 0 Å². The average Bonchev–Trinajstić information content (AvgIpc) is 2.39. The third-order valence-corrected chi connectivity index (χ3v) is 14.5. The summed E-state index contributed by atoms with van der Waals surface area (Å²) in [5.41, 5.74) is 0.501. The highest BCUT2D eigenvalue weighted by atomic mass is 35.5. The fraction of sp³-hybridized carbons (Fsp3) is 0.632. The molecule has 0 heterocycles. The maximum Gasteiger partial charge on any atom is 0.250 e. The van der Waals surface area contributed by atoms with Crippen LogP contribution in [-0.2, 0) is 0 Å². The predicted octanol–water partition coefficient (Wildman–Crippen LogP) is 6.92. The molecule has 6 heteroatoms. The van der Waals surface area contributed by atoms with Crippen LogP contribution < -0.4 is 8.85 Å². The maximum absolute atomic E-state index is 11.3. The molecular formula is C19H33ClO3Si2. The van der Waals surface area contributed by atoms with Crippen molar-refractivity contribution in [3.05, 3.63) is 22.7 Å². The third-order valence-electron chi connectivity index (χ3n) is 5.50. The maximum atomic E-state index is 11.3. The molecule has 1 rings (SSSR count). The molecule has 3 nitrogen and oxygen atoms in total. The number of benzene rings is 1. The number of carbonyl (C=O) groups excluding carboxylic acids is 1. The topological polar surface area (TPSA) is 35.5 Å². The van der Waals surface area contributed by atoms with Gasteiger partial charge in [-0.3, -0.25) is 4.79 Å². The summed E-state index contributed by atoms with van der Waals surface area (Å²) in [6, 6.07) is 3.40. The molecule has 0 aliphatic heterocycles. The summed E-state index contributed by atoms with van der Waals surface area (Å²) < 4.78 is 12.9. The van der Waals surface area contributed by atoms with Gasteiger partial charge in [-0.2, -0.15) is 0 Å². The van der Waals surface area contributed by atoms with E-state index in [4.69, 9.17) is 20.5 Å². The van der Waals surface area contributed by atoms with Gasteiger partial charge in [0, 0.05) is 5.56 Å². The Bertz CT molecular complexity index is 641. The third kappa shape index (κ3) is 5.11. The molecule has 25 heavy (non-hydrogen) atoms. The molecule has 0 bridgehead atoms. The van der Waals surface area contributed by atoms with Crippen molar-refractivity contribution in [2.45, 2.75) is 77.8 Å². The first-order chi connectivity index (χ1) is 11.0. The van der Waals surface area contributed by atoms with Crippen LogP contribution in [0.25, 0.3) is 0 Å². The van der Waals surface area contributed by atoms with Crippen LogP contribution in [0.15, 0.2) is 12.1 Å². The minimum atomic E-state index is -2.10. The number of hydrogen-bond donors (Lipinski definition) is 0. The number of rotatable bonds is 5. The van der Waals surface area contributed by atoms with Gasteiger partial charge >= 0.3 is 0 Å². The van der Waals surface area contributed by atoms with E-state index in [0.29, 0.717) is 22.1 Å². The summed E-state index contributed by atoms with van der Waals surface area (Å²) in [4.78, 5) is 11.3. The number of aldehydes is 1. The molecule has 0 atom stereocenters. The van der Waals surface area contributed by atoms with Crippen LogP contribution in [0.1, 0.15) is 51.9 Å². The Kier molecular flexibility index (Phi) is 6.31. The normalized spacial score (nSPS) is 13.6. The van der Waals surface area contributed by atoms with Crippen molar-refractivity contribution in [3.8, 4) is 11.5 Å². The van der Waals surface area contributed by atoms with Crippen LogP contribution in [0.2, 0.25) is 41.3 Å². The fourth-order valence-corrected chi connectivity index (χ4v) is 4.02. The van der Waals surface area contributed by atoms with E-state index in [1.165, 1.54) is 0 Å². The van der Waals surface area contributed by atoms with Gasteiger partial charge in [0.05, 0.1) is 5.02 Å². The highest BCUT2D eigenvalue weighted by molar-refractivity contribution is 6.75. The lowest BCUT2D eigenvalue weighted by Crippen LogP contribution is -2.45. The molecule has 0 unspecified atom stereocenters. The van der Waals surface area contributed by atoms with Gasteiger partial charge in [-0.15, -0.1) is 0 Å². The second-order valence-electron chi connectivity index (χ2n) is 9.67. The van der Waals surface area contributed by atoms with Crippen molar-refractivity contribution < 1.29 is 13.6 Å². The first-order valence-electron chi connectivity index (χ1n) is 8.68. The zero-order valence-electron chi connectivity index (χ0n) is 17.3. The van der Waals surface area contributed by atoms with Crippen molar-refractivity contribution in [1.29, 1.82) is 0 Å². The predicted molar refractivity (Wildman–Crippen MR) is 112 cm³/mol. The SMILES string of the molecule is CC(C)(C)[Si](C)(C)Oc1cc(C=O)cc(Cl)c1O[Si](C)(C)C(C)(C)C. The van der Waals surface area contributed by atoms with Crippen molar-refractivity contribution in [2.24, 2.45) is 0 Å². The van der Waals surface area contributed by atoms with Gasteiger partial charge in [0.2, 0.25) is 0 Å². The number of carbonyl (C=O) groups is 1. The summed E-state index contributed by atoms with van der Waals surface area (Å²) in [7, 11) is -4.19. The monoisotopic (exact) mass is 400 g/mol. The second kappa shape index (κ2) is 7.08. The summed E-state index contributed by atoms with van der Waals surface area (Å²) in [5, 5.41) is 0.502. The molecule has 0 spiro atoms. The number of halogens is 1. The van der Waals surface area contributed by atoms with Gasteiger partial charge < -0.3 is 8.85 Å². The lowest BCUT2D eigenvalue weighted by atomic mass is 10.2. The van der Waals surface area contributed by atoms with E-state index in [1.54, 1.807) is 12.1 Å². The van der Waals surface area contributed by atoms with Crippen LogP contribution in [-0.4, -0.2) is 22.9 Å². The second-order valence-corrected chi connectivity index (χ2v) is 19.5. The Morgan fingerprint density at radius 3 is 1.72 bits per heavy atom. The largest absolute Gasteiger partial charge is 0.541 e. The van der Waals surface area contributed by atoms with Crippen molar-refractivity contribution in [3.63, 3.8) is 0 Å². The molecule has 0 aliphatic rings. The van der Waals surface area contributed by atoms with Crippen LogP contribution in [0, 0.1) is 0 Å². The van der Waals surface area contributed by atoms with Crippen molar-refractivity contribution >= 4 is 34.5 Å². The molecule has 0 amide bonds. The van der Waals surface area contributed by atoms with Crippen LogP contribution in [0.5, 0.6) is 11.5 Å². The summed E-state index contributed by atoms with van der Waals surface area (Å²) in [6.45, 7) is 21.8. The van der Waals surface area contributed by atoms with Gasteiger partial charge in [-0.05, 0) is 48.4 Å². The minimum Gasteiger partial charge on any atom is -0.541 e. The molecule has 0 saturated carbocycles. The first kappa shape index (κ1) is 22.3. The molecule has 1 aromatic rings. The summed E-state index contributed by atoms with van der Waals surface area (Å²) >= 11 is 6.49. The van der Waals surface area contributed by atoms with Crippen molar-refractivity contribution in [1.82, 2.24) is 0 Å². The molecule has 0 aliphatic carbocycles. The molecule has 0 aromatic heterocycles. The molecule has 142 valence electrons. The van der Waals surface area contributed by atoms with Gasteiger partial charge in [0.25, 0.3) is 16.6 Å². The van der Waals surface area contributed by atoms with E-state index in [1.807, 2.05) is 0 Å². The Hall–Kier alpha value is -0.786. The number of hydrogen-bond acceptors (Lipinski definition) is 3. The minimum absolute atomic E-state index is 0.0326. The standard InChI is InChI=1S/C19H33ClO3Si2/c1-18(2,3)24(7,8)22-16-12-14(13-21)11-15(20)17(16)23-25(9,10)19(4,5)6/h11-13H,1-10H3. The van der Waals surface area contributed by atoms with Crippen LogP contribution in [0.3, 0.4) is 0 Å². The Morgan fingerprint density at radius 2 is 1.32 bits per heavy atom. The van der Waals surface area contributed by atoms with Gasteiger partial charge in [-0.25, -0.2) is 0 Å². The summed E-state index contributed by atoms with van der Waals surface area (Å²) in [6.07, 6.45) is 0.792. The van der Waals surface area contributed by atoms with E-state index < -0.39 is 16.6 Å². The zero-order chi connectivity index (χ0) is 19.8. The van der Waals surface area contributed by atoms with E-state index in [-0.39, 0.29) is 10.1 Å². The van der Waals surface area contributed by atoms with Gasteiger partial charge in [-0.1, -0.05) is 53.1 Å². The van der Waals surface area contributed by atoms with Crippen LogP contribution in [0.4, 0.5) is 0 Å². The smallest absolute Gasteiger partial charge is 0.250 e. The molecule has 0 N–H and O–H groups in total. The van der Waals surface area contributed by atoms with E-state index in [0.717, 1.165) is 6.29 Å². The highest BCUT2D eigenvalue weighted by Crippen LogP contribution is 2.46. The van der Waals surface area contributed by atoms with Crippen LogP contribution >= 0.6 is 11.6 Å². The van der Waals surface area contributed by atoms with E-state index in [9.17, 15) is 4.79 Å². The molecule has 0 radical (unpaired) electrons. The van der Waals surface area contributed by atoms with E-state index in [2.05, 4.69) is 67.7 Å². The Balaban J connectivity index is 3.46. The lowest BCUT2D eigenvalue weighted by Gasteiger charge is -2.40. The quantitative estimate of drug-likeness (QED) is 0.397. The fourth-order valence-electron chi connectivity index (χ4n) is 1.67. The van der Waals surface area contributed by atoms with Gasteiger partial charge in [0.1, 0.15) is 12.0 Å². The summed E-state index contributed by atoms with van der Waals surface area (Å²) in [5.74, 6) is 1.16. The average molecular weight is 401 g/mol. The molecule has 0 fully saturated rings. The zero-order valence-corrected chi connectivity index (χ0v) is 20.1. The lowest BCUT2D eigenvalue weighted by molar-refractivity contribution is 0.112. The Labute approximate surface area is 160 Å².